The first kappa shape index (κ1) is 14.3. The molecule has 0 aromatic heterocycles. The van der Waals surface area contributed by atoms with E-state index in [-0.39, 0.29) is 12.1 Å². The lowest BCUT2D eigenvalue weighted by molar-refractivity contribution is 0.0171. The summed E-state index contributed by atoms with van der Waals surface area (Å²) >= 11 is 0. The van der Waals surface area contributed by atoms with Gasteiger partial charge in [0.05, 0.1) is 0 Å². The first-order valence-corrected chi connectivity index (χ1v) is 6.48. The van der Waals surface area contributed by atoms with Gasteiger partial charge in [0, 0.05) is 13.1 Å². The van der Waals surface area contributed by atoms with E-state index in [1.54, 1.807) is 4.90 Å². The number of hydrogen-bond acceptors (Lipinski definition) is 3. The van der Waals surface area contributed by atoms with Crippen molar-refractivity contribution in [3.63, 3.8) is 0 Å². The summed E-state index contributed by atoms with van der Waals surface area (Å²) in [6, 6.07) is 0.220. The van der Waals surface area contributed by atoms with Crippen molar-refractivity contribution < 1.29 is 9.53 Å². The van der Waals surface area contributed by atoms with E-state index in [0.717, 1.165) is 13.1 Å². The smallest absolute Gasteiger partial charge is 0.410 e. The predicted octanol–water partition coefficient (Wildman–Crippen LogP) is 2.24. The first-order chi connectivity index (χ1) is 7.81. The van der Waals surface area contributed by atoms with Crippen molar-refractivity contribution in [1.82, 2.24) is 10.2 Å². The van der Waals surface area contributed by atoms with Gasteiger partial charge in [0.15, 0.2) is 0 Å². The van der Waals surface area contributed by atoms with Crippen LogP contribution in [0, 0.1) is 5.92 Å². The number of nitrogens with zero attached hydrogens (tertiary/aromatic N) is 1. The van der Waals surface area contributed by atoms with Crippen molar-refractivity contribution >= 4 is 6.09 Å². The molecule has 0 bridgehead atoms. The van der Waals surface area contributed by atoms with Crippen LogP contribution in [0.4, 0.5) is 4.79 Å². The van der Waals surface area contributed by atoms with Gasteiger partial charge in [-0.05, 0) is 59.5 Å². The van der Waals surface area contributed by atoms with E-state index in [0.29, 0.717) is 5.92 Å². The fourth-order valence-corrected chi connectivity index (χ4v) is 2.11. The highest BCUT2D eigenvalue weighted by Crippen LogP contribution is 2.20. The minimum absolute atomic E-state index is 0.220. The normalized spacial score (nSPS) is 23.0. The summed E-state index contributed by atoms with van der Waals surface area (Å²) in [5, 5.41) is 3.38. The van der Waals surface area contributed by atoms with Gasteiger partial charge in [-0.2, -0.15) is 0 Å². The molecular formula is C13H26N2O2. The van der Waals surface area contributed by atoms with Gasteiger partial charge in [0.1, 0.15) is 5.60 Å². The number of nitrogens with one attached hydrogen (secondary N) is 1. The molecule has 0 saturated carbocycles. The van der Waals surface area contributed by atoms with E-state index < -0.39 is 5.60 Å². The van der Waals surface area contributed by atoms with Crippen LogP contribution in [-0.2, 0) is 4.74 Å². The molecule has 0 aromatic carbocycles. The van der Waals surface area contributed by atoms with Crippen LogP contribution < -0.4 is 5.32 Å². The molecule has 2 unspecified atom stereocenters. The van der Waals surface area contributed by atoms with Crippen LogP contribution in [0.15, 0.2) is 0 Å². The zero-order chi connectivity index (χ0) is 13.1. The molecule has 1 rings (SSSR count). The Balaban J connectivity index is 2.50. The Morgan fingerprint density at radius 2 is 2.12 bits per heavy atom. The van der Waals surface area contributed by atoms with Gasteiger partial charge in [0.2, 0.25) is 0 Å². The van der Waals surface area contributed by atoms with Crippen LogP contribution in [0.25, 0.3) is 0 Å². The molecule has 1 N–H and O–H groups in total. The SMILES string of the molecule is CC(C1CCCNC1)N(C)C(=O)OC(C)(C)C. The number of amides is 1. The van der Waals surface area contributed by atoms with Gasteiger partial charge in [-0.25, -0.2) is 4.79 Å². The fraction of sp³-hybridized carbons (Fsp3) is 0.923. The molecule has 17 heavy (non-hydrogen) atoms. The molecule has 1 amide bonds. The van der Waals surface area contributed by atoms with Crippen molar-refractivity contribution in [2.75, 3.05) is 20.1 Å². The molecule has 100 valence electrons. The first-order valence-electron chi connectivity index (χ1n) is 6.48. The topological polar surface area (TPSA) is 41.6 Å². The average Bonchev–Trinajstić information content (AvgIpc) is 2.26. The molecule has 1 heterocycles. The number of piperidine rings is 1. The standard InChI is InChI=1S/C13H26N2O2/c1-10(11-7-6-8-14-9-11)15(5)12(16)17-13(2,3)4/h10-11,14H,6-9H2,1-5H3. The highest BCUT2D eigenvalue weighted by atomic mass is 16.6. The maximum atomic E-state index is 11.9. The van der Waals surface area contributed by atoms with Crippen molar-refractivity contribution in [1.29, 1.82) is 0 Å². The van der Waals surface area contributed by atoms with Crippen LogP contribution in [0.1, 0.15) is 40.5 Å². The zero-order valence-corrected chi connectivity index (χ0v) is 11.7. The molecule has 4 heteroatoms. The summed E-state index contributed by atoms with van der Waals surface area (Å²) in [7, 11) is 1.83. The van der Waals surface area contributed by atoms with Gasteiger partial charge < -0.3 is 15.0 Å². The Labute approximate surface area is 105 Å². The molecule has 1 aliphatic heterocycles. The fourth-order valence-electron chi connectivity index (χ4n) is 2.11. The number of rotatable bonds is 2. The van der Waals surface area contributed by atoms with Gasteiger partial charge in [-0.3, -0.25) is 0 Å². The number of hydrogen-bond donors (Lipinski definition) is 1. The Hall–Kier alpha value is -0.770. The second kappa shape index (κ2) is 5.71. The lowest BCUT2D eigenvalue weighted by atomic mass is 9.92. The van der Waals surface area contributed by atoms with Crippen molar-refractivity contribution in [3.05, 3.63) is 0 Å². The van der Waals surface area contributed by atoms with E-state index in [2.05, 4.69) is 12.2 Å². The minimum Gasteiger partial charge on any atom is -0.444 e. The number of carbonyl (C=O) groups is 1. The summed E-state index contributed by atoms with van der Waals surface area (Å²) in [4.78, 5) is 13.7. The van der Waals surface area contributed by atoms with Gasteiger partial charge in [-0.15, -0.1) is 0 Å². The summed E-state index contributed by atoms with van der Waals surface area (Å²) in [6.45, 7) is 9.87. The second-order valence-electron chi connectivity index (χ2n) is 5.94. The monoisotopic (exact) mass is 242 g/mol. The molecule has 1 aliphatic rings. The number of ether oxygens (including phenoxy) is 1. The summed E-state index contributed by atoms with van der Waals surface area (Å²) in [5.41, 5.74) is -0.421. The summed E-state index contributed by atoms with van der Waals surface area (Å²) < 4.78 is 5.38. The summed E-state index contributed by atoms with van der Waals surface area (Å²) in [5.74, 6) is 0.529. The van der Waals surface area contributed by atoms with Crippen LogP contribution in [-0.4, -0.2) is 42.8 Å². The maximum absolute atomic E-state index is 11.9. The molecular weight excluding hydrogens is 216 g/mol. The third kappa shape index (κ3) is 4.54. The molecule has 0 aliphatic carbocycles. The van der Waals surface area contributed by atoms with E-state index >= 15 is 0 Å². The molecule has 0 aromatic rings. The predicted molar refractivity (Wildman–Crippen MR) is 69.1 cm³/mol. The Bertz CT molecular complexity index is 255. The lowest BCUT2D eigenvalue weighted by Crippen LogP contribution is -2.47. The molecule has 0 radical (unpaired) electrons. The lowest BCUT2D eigenvalue weighted by Gasteiger charge is -2.35. The maximum Gasteiger partial charge on any atom is 0.410 e. The van der Waals surface area contributed by atoms with E-state index in [1.165, 1.54) is 12.8 Å². The van der Waals surface area contributed by atoms with E-state index in [9.17, 15) is 4.79 Å². The van der Waals surface area contributed by atoms with E-state index in [1.807, 2.05) is 27.8 Å². The van der Waals surface area contributed by atoms with E-state index in [4.69, 9.17) is 4.74 Å². The molecule has 0 spiro atoms. The third-order valence-electron chi connectivity index (χ3n) is 3.31. The van der Waals surface area contributed by atoms with Gasteiger partial charge in [-0.1, -0.05) is 0 Å². The quantitative estimate of drug-likeness (QED) is 0.807. The molecule has 1 fully saturated rings. The van der Waals surface area contributed by atoms with Crippen LogP contribution >= 0.6 is 0 Å². The molecule has 1 saturated heterocycles. The van der Waals surface area contributed by atoms with Crippen LogP contribution in [0.2, 0.25) is 0 Å². The van der Waals surface area contributed by atoms with Crippen LogP contribution in [0.5, 0.6) is 0 Å². The third-order valence-corrected chi connectivity index (χ3v) is 3.31. The highest BCUT2D eigenvalue weighted by molar-refractivity contribution is 5.68. The largest absolute Gasteiger partial charge is 0.444 e. The Morgan fingerprint density at radius 3 is 2.59 bits per heavy atom. The average molecular weight is 242 g/mol. The highest BCUT2D eigenvalue weighted by Gasteiger charge is 2.28. The Kier molecular flexibility index (Phi) is 4.80. The zero-order valence-electron chi connectivity index (χ0n) is 11.7. The van der Waals surface area contributed by atoms with Gasteiger partial charge in [0.25, 0.3) is 0 Å². The summed E-state index contributed by atoms with van der Waals surface area (Å²) in [6.07, 6.45) is 2.15. The molecule has 4 nitrogen and oxygen atoms in total. The second-order valence-corrected chi connectivity index (χ2v) is 5.94. The van der Waals surface area contributed by atoms with Crippen molar-refractivity contribution in [2.24, 2.45) is 5.92 Å². The molecule has 2 atom stereocenters. The Morgan fingerprint density at radius 1 is 1.47 bits per heavy atom. The van der Waals surface area contributed by atoms with Crippen LogP contribution in [0.3, 0.4) is 0 Å². The van der Waals surface area contributed by atoms with Crippen molar-refractivity contribution in [3.8, 4) is 0 Å². The minimum atomic E-state index is -0.421. The number of carbonyl (C=O) groups excluding carboxylic acids is 1. The van der Waals surface area contributed by atoms with Gasteiger partial charge >= 0.3 is 6.09 Å². The van der Waals surface area contributed by atoms with Crippen molar-refractivity contribution in [2.45, 2.75) is 52.2 Å².